The lowest BCUT2D eigenvalue weighted by Crippen LogP contribution is -2.49. The molecule has 0 spiro atoms. The van der Waals surface area contributed by atoms with Gasteiger partial charge in [0.15, 0.2) is 0 Å². The Morgan fingerprint density at radius 1 is 0.862 bits per heavy atom. The van der Waals surface area contributed by atoms with Crippen LogP contribution in [0, 0.1) is 0 Å². The molecule has 3 aliphatic heterocycles. The van der Waals surface area contributed by atoms with Gasteiger partial charge in [-0.3, -0.25) is 14.6 Å². The Morgan fingerprint density at radius 2 is 1.62 bits per heavy atom. The first-order valence-corrected chi connectivity index (χ1v) is 10.5. The summed E-state index contributed by atoms with van der Waals surface area (Å²) in [6.45, 7) is 7.38. The molecule has 29 heavy (non-hydrogen) atoms. The van der Waals surface area contributed by atoms with Crippen LogP contribution in [0.15, 0.2) is 42.5 Å². The third-order valence-electron chi connectivity index (χ3n) is 6.34. The first kappa shape index (κ1) is 20.2. The van der Waals surface area contributed by atoms with Gasteiger partial charge < -0.3 is 10.2 Å². The maximum Gasteiger partial charge on any atom is 0.241 e. The molecule has 0 aliphatic carbocycles. The Kier molecular flexibility index (Phi) is 6.09. The van der Waals surface area contributed by atoms with E-state index in [2.05, 4.69) is 51.5 Å². The minimum Gasteiger partial charge on any atom is -0.384 e. The Hall–Kier alpha value is -2.08. The van der Waals surface area contributed by atoms with E-state index in [-0.39, 0.29) is 18.3 Å². The van der Waals surface area contributed by atoms with Crippen LogP contribution in [0.5, 0.6) is 0 Å². The van der Waals surface area contributed by atoms with Gasteiger partial charge in [0.2, 0.25) is 5.91 Å². The fourth-order valence-electron chi connectivity index (χ4n) is 4.76. The molecule has 2 aromatic carbocycles. The number of rotatable bonds is 4. The highest BCUT2D eigenvalue weighted by Gasteiger charge is 2.27. The summed E-state index contributed by atoms with van der Waals surface area (Å²) in [5.74, 6) is 0.239. The molecule has 154 valence electrons. The first-order chi connectivity index (χ1) is 13.8. The Labute approximate surface area is 179 Å². The van der Waals surface area contributed by atoms with E-state index in [0.29, 0.717) is 6.54 Å². The lowest BCUT2D eigenvalue weighted by Gasteiger charge is -2.35. The van der Waals surface area contributed by atoms with Crippen molar-refractivity contribution in [3.8, 4) is 0 Å². The second kappa shape index (κ2) is 8.74. The summed E-state index contributed by atoms with van der Waals surface area (Å²) < 4.78 is 0. The average molecular weight is 413 g/mol. The van der Waals surface area contributed by atoms with Gasteiger partial charge in [-0.25, -0.2) is 0 Å². The molecule has 2 aromatic rings. The number of carbonyl (C=O) groups is 1. The maximum atomic E-state index is 12.8. The number of anilines is 2. The predicted octanol–water partition coefficient (Wildman–Crippen LogP) is 2.78. The normalized spacial score (nSPS) is 18.7. The SMILES string of the molecule is Cl.O=C(CN1CCN(Cc2cccc3c2NCC3)CC1)N1CCc2ccccc21. The molecular formula is C23H29ClN4O. The van der Waals surface area contributed by atoms with Crippen LogP contribution < -0.4 is 10.2 Å². The molecule has 5 rings (SSSR count). The summed E-state index contributed by atoms with van der Waals surface area (Å²) in [7, 11) is 0. The van der Waals surface area contributed by atoms with Crippen molar-refractivity contribution in [2.75, 3.05) is 56.0 Å². The number of amides is 1. The maximum absolute atomic E-state index is 12.8. The van der Waals surface area contributed by atoms with E-state index in [1.165, 1.54) is 22.4 Å². The van der Waals surface area contributed by atoms with Crippen molar-refractivity contribution in [3.63, 3.8) is 0 Å². The highest BCUT2D eigenvalue weighted by Crippen LogP contribution is 2.29. The second-order valence-corrected chi connectivity index (χ2v) is 8.10. The van der Waals surface area contributed by atoms with Crippen molar-refractivity contribution in [2.24, 2.45) is 0 Å². The van der Waals surface area contributed by atoms with E-state index in [9.17, 15) is 4.79 Å². The number of hydrogen-bond acceptors (Lipinski definition) is 4. The molecule has 1 fully saturated rings. The number of halogens is 1. The van der Waals surface area contributed by atoms with Crippen LogP contribution >= 0.6 is 12.4 Å². The average Bonchev–Trinajstić information content (AvgIpc) is 3.37. The fraction of sp³-hybridized carbons (Fsp3) is 0.435. The topological polar surface area (TPSA) is 38.8 Å². The van der Waals surface area contributed by atoms with Gasteiger partial charge in [0.05, 0.1) is 6.54 Å². The number of carbonyl (C=O) groups excluding carboxylic acids is 1. The van der Waals surface area contributed by atoms with Crippen molar-refractivity contribution in [1.82, 2.24) is 9.80 Å². The number of hydrogen-bond donors (Lipinski definition) is 1. The predicted molar refractivity (Wildman–Crippen MR) is 120 cm³/mol. The number of benzene rings is 2. The van der Waals surface area contributed by atoms with E-state index in [1.807, 2.05) is 11.0 Å². The summed E-state index contributed by atoms with van der Waals surface area (Å²) in [6.07, 6.45) is 2.11. The van der Waals surface area contributed by atoms with Gasteiger partial charge in [0.1, 0.15) is 0 Å². The highest BCUT2D eigenvalue weighted by atomic mass is 35.5. The minimum absolute atomic E-state index is 0. The summed E-state index contributed by atoms with van der Waals surface area (Å²) >= 11 is 0. The Morgan fingerprint density at radius 3 is 2.48 bits per heavy atom. The highest BCUT2D eigenvalue weighted by molar-refractivity contribution is 5.96. The summed E-state index contributed by atoms with van der Waals surface area (Å²) in [5.41, 5.74) is 6.62. The van der Waals surface area contributed by atoms with E-state index in [0.717, 1.165) is 64.3 Å². The van der Waals surface area contributed by atoms with Crippen molar-refractivity contribution >= 4 is 29.7 Å². The van der Waals surface area contributed by atoms with Crippen LogP contribution in [0.25, 0.3) is 0 Å². The van der Waals surface area contributed by atoms with Crippen LogP contribution in [0.4, 0.5) is 11.4 Å². The molecule has 0 unspecified atom stereocenters. The third-order valence-corrected chi connectivity index (χ3v) is 6.34. The van der Waals surface area contributed by atoms with Gasteiger partial charge >= 0.3 is 0 Å². The molecule has 3 heterocycles. The van der Waals surface area contributed by atoms with Crippen LogP contribution in [0.1, 0.15) is 16.7 Å². The van der Waals surface area contributed by atoms with Crippen molar-refractivity contribution in [1.29, 1.82) is 0 Å². The first-order valence-electron chi connectivity index (χ1n) is 10.5. The number of nitrogens with zero attached hydrogens (tertiary/aromatic N) is 3. The fourth-order valence-corrected chi connectivity index (χ4v) is 4.76. The van der Waals surface area contributed by atoms with Gasteiger partial charge in [-0.15, -0.1) is 12.4 Å². The van der Waals surface area contributed by atoms with Gasteiger partial charge in [0, 0.05) is 57.2 Å². The molecule has 0 radical (unpaired) electrons. The third kappa shape index (κ3) is 4.13. The number of fused-ring (bicyclic) bond motifs is 2. The van der Waals surface area contributed by atoms with E-state index < -0.39 is 0 Å². The van der Waals surface area contributed by atoms with E-state index in [1.54, 1.807) is 0 Å². The van der Waals surface area contributed by atoms with Crippen LogP contribution in [-0.2, 0) is 24.2 Å². The molecular weight excluding hydrogens is 384 g/mol. The Bertz CT molecular complexity index is 879. The monoisotopic (exact) mass is 412 g/mol. The van der Waals surface area contributed by atoms with Crippen LogP contribution in [0.2, 0.25) is 0 Å². The zero-order valence-electron chi connectivity index (χ0n) is 16.8. The smallest absolute Gasteiger partial charge is 0.241 e. The van der Waals surface area contributed by atoms with Gasteiger partial charge in [-0.2, -0.15) is 0 Å². The minimum atomic E-state index is 0. The Balaban J connectivity index is 0.00000205. The van der Waals surface area contributed by atoms with Gasteiger partial charge in [-0.1, -0.05) is 36.4 Å². The molecule has 3 aliphatic rings. The van der Waals surface area contributed by atoms with Crippen molar-refractivity contribution in [3.05, 3.63) is 59.2 Å². The molecule has 5 nitrogen and oxygen atoms in total. The summed E-state index contributed by atoms with van der Waals surface area (Å²) in [6, 6.07) is 15.0. The summed E-state index contributed by atoms with van der Waals surface area (Å²) in [4.78, 5) is 19.6. The number of piperazine rings is 1. The molecule has 0 saturated carbocycles. The van der Waals surface area contributed by atoms with Crippen molar-refractivity contribution in [2.45, 2.75) is 19.4 Å². The second-order valence-electron chi connectivity index (χ2n) is 8.10. The molecule has 0 aromatic heterocycles. The number of nitrogens with one attached hydrogen (secondary N) is 1. The standard InChI is InChI=1S/C23H28N4O.ClH/c28-22(27-11-9-18-4-1-2-7-21(18)27)17-26-14-12-25(13-15-26)16-20-6-3-5-19-8-10-24-23(19)20;/h1-7,24H,8-17H2;1H. The quantitative estimate of drug-likeness (QED) is 0.838. The lowest BCUT2D eigenvalue weighted by molar-refractivity contribution is -0.120. The van der Waals surface area contributed by atoms with Gasteiger partial charge in [0.25, 0.3) is 0 Å². The number of para-hydroxylation sites is 2. The lowest BCUT2D eigenvalue weighted by atomic mass is 10.1. The van der Waals surface area contributed by atoms with E-state index in [4.69, 9.17) is 0 Å². The van der Waals surface area contributed by atoms with Gasteiger partial charge in [-0.05, 0) is 35.6 Å². The van der Waals surface area contributed by atoms with Crippen molar-refractivity contribution < 1.29 is 4.79 Å². The molecule has 0 bridgehead atoms. The molecule has 1 N–H and O–H groups in total. The van der Waals surface area contributed by atoms with E-state index >= 15 is 0 Å². The zero-order chi connectivity index (χ0) is 18.9. The van der Waals surface area contributed by atoms with Crippen LogP contribution in [0.3, 0.4) is 0 Å². The van der Waals surface area contributed by atoms with Crippen LogP contribution in [-0.4, -0.2) is 61.5 Å². The molecule has 1 amide bonds. The summed E-state index contributed by atoms with van der Waals surface area (Å²) in [5, 5.41) is 3.55. The molecule has 1 saturated heterocycles. The largest absolute Gasteiger partial charge is 0.384 e. The zero-order valence-corrected chi connectivity index (χ0v) is 17.6. The molecule has 6 heteroatoms. The molecule has 0 atom stereocenters.